The number of rotatable bonds is 2. The molecular formula is C11H8N4O3. The van der Waals surface area contributed by atoms with Crippen LogP contribution in [0.2, 0.25) is 0 Å². The van der Waals surface area contributed by atoms with E-state index in [1.807, 2.05) is 0 Å². The summed E-state index contributed by atoms with van der Waals surface area (Å²) in [6.45, 7) is 0. The second kappa shape index (κ2) is 3.95. The highest BCUT2D eigenvalue weighted by atomic mass is 16.6. The Morgan fingerprint density at radius 2 is 2.17 bits per heavy atom. The van der Waals surface area contributed by atoms with Gasteiger partial charge in [0.2, 0.25) is 11.3 Å². The lowest BCUT2D eigenvalue weighted by molar-refractivity contribution is 0.312. The zero-order valence-electron chi connectivity index (χ0n) is 9.38. The maximum atomic E-state index is 12.3. The fourth-order valence-corrected chi connectivity index (χ4v) is 1.73. The van der Waals surface area contributed by atoms with Gasteiger partial charge in [-0.25, -0.2) is 0 Å². The van der Waals surface area contributed by atoms with E-state index in [0.717, 1.165) is 0 Å². The van der Waals surface area contributed by atoms with Gasteiger partial charge in [-0.05, 0) is 17.3 Å². The number of aromatic nitrogens is 4. The molecule has 3 rings (SSSR count). The van der Waals surface area contributed by atoms with Crippen LogP contribution in [-0.4, -0.2) is 27.7 Å². The molecule has 0 aliphatic carbocycles. The van der Waals surface area contributed by atoms with E-state index < -0.39 is 0 Å². The van der Waals surface area contributed by atoms with E-state index in [1.165, 1.54) is 7.11 Å². The Labute approximate surface area is 100 Å². The molecule has 2 heterocycles. The quantitative estimate of drug-likeness (QED) is 0.722. The summed E-state index contributed by atoms with van der Waals surface area (Å²) in [6, 6.07) is 6.90. The minimum atomic E-state index is -0.255. The molecule has 0 saturated heterocycles. The summed E-state index contributed by atoms with van der Waals surface area (Å²) >= 11 is 0. The molecule has 7 nitrogen and oxygen atoms in total. The van der Waals surface area contributed by atoms with Gasteiger partial charge in [-0.3, -0.25) is 4.79 Å². The van der Waals surface area contributed by atoms with E-state index >= 15 is 0 Å². The number of benzene rings is 1. The van der Waals surface area contributed by atoms with Crippen LogP contribution in [0.4, 0.5) is 0 Å². The Morgan fingerprint density at radius 1 is 1.33 bits per heavy atom. The number of hydrogen-bond donors (Lipinski definition) is 1. The van der Waals surface area contributed by atoms with Gasteiger partial charge in [-0.15, -0.1) is 10.2 Å². The highest BCUT2D eigenvalue weighted by Crippen LogP contribution is 2.27. The number of H-pyrrole nitrogens is 1. The average molecular weight is 244 g/mol. The van der Waals surface area contributed by atoms with Gasteiger partial charge in [0.15, 0.2) is 5.56 Å². The monoisotopic (exact) mass is 244 g/mol. The summed E-state index contributed by atoms with van der Waals surface area (Å²) in [6.07, 6.45) is 0. The SMILES string of the molecule is COc1oc2ccccc2c(=O)c1-c1nn[nH]n1. The van der Waals surface area contributed by atoms with Crippen LogP contribution in [0.15, 0.2) is 33.5 Å². The van der Waals surface area contributed by atoms with E-state index in [2.05, 4.69) is 20.6 Å². The molecule has 7 heteroatoms. The van der Waals surface area contributed by atoms with Crippen molar-refractivity contribution in [3.05, 3.63) is 34.5 Å². The van der Waals surface area contributed by atoms with Crippen molar-refractivity contribution >= 4 is 11.0 Å². The molecule has 18 heavy (non-hydrogen) atoms. The van der Waals surface area contributed by atoms with Gasteiger partial charge in [-0.2, -0.15) is 5.21 Å². The van der Waals surface area contributed by atoms with E-state index in [-0.39, 0.29) is 22.8 Å². The fraction of sp³-hybridized carbons (Fsp3) is 0.0909. The molecule has 1 aromatic carbocycles. The Hall–Kier alpha value is -2.70. The predicted molar refractivity (Wildman–Crippen MR) is 62.2 cm³/mol. The summed E-state index contributed by atoms with van der Waals surface area (Å²) in [7, 11) is 1.41. The van der Waals surface area contributed by atoms with Crippen molar-refractivity contribution in [1.82, 2.24) is 20.6 Å². The van der Waals surface area contributed by atoms with Crippen molar-refractivity contribution in [2.75, 3.05) is 7.11 Å². The highest BCUT2D eigenvalue weighted by Gasteiger charge is 2.20. The van der Waals surface area contributed by atoms with Crippen LogP contribution in [0.5, 0.6) is 5.95 Å². The summed E-state index contributed by atoms with van der Waals surface area (Å²) in [5.41, 5.74) is 0.353. The summed E-state index contributed by atoms with van der Waals surface area (Å²) in [5.74, 6) is 0.214. The second-order valence-corrected chi connectivity index (χ2v) is 3.53. The molecule has 2 aromatic heterocycles. The third-order valence-corrected chi connectivity index (χ3v) is 2.52. The van der Waals surface area contributed by atoms with Gasteiger partial charge in [0.25, 0.3) is 5.95 Å². The molecule has 0 aliphatic rings. The van der Waals surface area contributed by atoms with Crippen LogP contribution >= 0.6 is 0 Å². The van der Waals surface area contributed by atoms with Crippen LogP contribution in [0.25, 0.3) is 22.4 Å². The minimum Gasteiger partial charge on any atom is -0.468 e. The summed E-state index contributed by atoms with van der Waals surface area (Å²) in [5, 5.41) is 13.7. The summed E-state index contributed by atoms with van der Waals surface area (Å²) < 4.78 is 10.6. The lowest BCUT2D eigenvalue weighted by Crippen LogP contribution is -2.08. The van der Waals surface area contributed by atoms with E-state index in [0.29, 0.717) is 11.0 Å². The Balaban J connectivity index is 2.43. The van der Waals surface area contributed by atoms with Crippen LogP contribution in [0.1, 0.15) is 0 Å². The first-order chi connectivity index (χ1) is 8.81. The Morgan fingerprint density at radius 3 is 2.89 bits per heavy atom. The van der Waals surface area contributed by atoms with Crippen LogP contribution < -0.4 is 10.2 Å². The minimum absolute atomic E-state index is 0.0695. The number of hydrogen-bond acceptors (Lipinski definition) is 6. The molecule has 90 valence electrons. The van der Waals surface area contributed by atoms with Crippen molar-refractivity contribution in [3.8, 4) is 17.3 Å². The molecule has 0 unspecified atom stereocenters. The maximum Gasteiger partial charge on any atom is 0.300 e. The van der Waals surface area contributed by atoms with E-state index in [9.17, 15) is 4.79 Å². The number of para-hydroxylation sites is 1. The molecular weight excluding hydrogens is 236 g/mol. The number of methoxy groups -OCH3 is 1. The Bertz CT molecular complexity index is 749. The smallest absolute Gasteiger partial charge is 0.300 e. The molecule has 3 aromatic rings. The lowest BCUT2D eigenvalue weighted by atomic mass is 10.1. The third kappa shape index (κ3) is 1.45. The molecule has 1 N–H and O–H groups in total. The molecule has 0 saturated carbocycles. The molecule has 0 atom stereocenters. The highest BCUT2D eigenvalue weighted by molar-refractivity contribution is 5.82. The molecule has 0 aliphatic heterocycles. The van der Waals surface area contributed by atoms with E-state index in [1.54, 1.807) is 24.3 Å². The van der Waals surface area contributed by atoms with Gasteiger partial charge in [0.1, 0.15) is 5.58 Å². The first-order valence-electron chi connectivity index (χ1n) is 5.15. The second-order valence-electron chi connectivity index (χ2n) is 3.53. The molecule has 0 bridgehead atoms. The average Bonchev–Trinajstić information content (AvgIpc) is 2.92. The third-order valence-electron chi connectivity index (χ3n) is 2.52. The van der Waals surface area contributed by atoms with Crippen LogP contribution in [0.3, 0.4) is 0 Å². The van der Waals surface area contributed by atoms with Gasteiger partial charge in [0, 0.05) is 0 Å². The number of fused-ring (bicyclic) bond motifs is 1. The van der Waals surface area contributed by atoms with Crippen molar-refractivity contribution in [3.63, 3.8) is 0 Å². The molecule has 0 radical (unpaired) electrons. The van der Waals surface area contributed by atoms with Crippen molar-refractivity contribution < 1.29 is 9.15 Å². The summed E-state index contributed by atoms with van der Waals surface area (Å²) in [4.78, 5) is 12.3. The van der Waals surface area contributed by atoms with Crippen LogP contribution in [0, 0.1) is 0 Å². The molecule has 0 amide bonds. The van der Waals surface area contributed by atoms with E-state index in [4.69, 9.17) is 9.15 Å². The lowest BCUT2D eigenvalue weighted by Gasteiger charge is -2.04. The van der Waals surface area contributed by atoms with Crippen LogP contribution in [-0.2, 0) is 0 Å². The zero-order valence-corrected chi connectivity index (χ0v) is 9.38. The topological polar surface area (TPSA) is 93.9 Å². The van der Waals surface area contributed by atoms with Crippen molar-refractivity contribution in [1.29, 1.82) is 0 Å². The first kappa shape index (κ1) is 10.5. The first-order valence-corrected chi connectivity index (χ1v) is 5.15. The Kier molecular flexibility index (Phi) is 2.30. The predicted octanol–water partition coefficient (Wildman–Crippen LogP) is 0.982. The number of tetrazole rings is 1. The molecule has 0 fully saturated rings. The molecule has 0 spiro atoms. The van der Waals surface area contributed by atoms with Crippen molar-refractivity contribution in [2.45, 2.75) is 0 Å². The number of nitrogens with one attached hydrogen (secondary N) is 1. The number of nitrogens with zero attached hydrogens (tertiary/aromatic N) is 3. The standard InChI is InChI=1S/C11H8N4O3/c1-17-11-8(10-12-14-15-13-10)9(16)6-4-2-3-5-7(6)18-11/h2-5H,1H3,(H,12,13,14,15). The largest absolute Gasteiger partial charge is 0.468 e. The van der Waals surface area contributed by atoms with Gasteiger partial charge < -0.3 is 9.15 Å². The van der Waals surface area contributed by atoms with Gasteiger partial charge in [0.05, 0.1) is 12.5 Å². The number of aromatic amines is 1. The zero-order chi connectivity index (χ0) is 12.5. The van der Waals surface area contributed by atoms with Crippen molar-refractivity contribution in [2.24, 2.45) is 0 Å². The fourth-order valence-electron chi connectivity index (χ4n) is 1.73. The number of ether oxygens (including phenoxy) is 1. The normalized spacial score (nSPS) is 10.7. The van der Waals surface area contributed by atoms with Gasteiger partial charge >= 0.3 is 0 Å². The maximum absolute atomic E-state index is 12.3. The van der Waals surface area contributed by atoms with Gasteiger partial charge in [-0.1, -0.05) is 12.1 Å².